The van der Waals surface area contributed by atoms with Gasteiger partial charge in [0, 0.05) is 0 Å². The number of nitrogen functional groups attached to an aromatic ring is 1. The van der Waals surface area contributed by atoms with E-state index in [1.54, 1.807) is 6.08 Å². The van der Waals surface area contributed by atoms with Gasteiger partial charge in [0.15, 0.2) is 5.15 Å². The van der Waals surface area contributed by atoms with Crippen LogP contribution in [0.5, 0.6) is 5.88 Å². The summed E-state index contributed by atoms with van der Waals surface area (Å²) >= 11 is 5.61. The van der Waals surface area contributed by atoms with Crippen LogP contribution in [-0.2, 0) is 0 Å². The molecule has 0 aliphatic rings. The molecular weight excluding hydrogens is 178 g/mol. The van der Waals surface area contributed by atoms with E-state index in [1.807, 2.05) is 0 Å². The third-order valence-corrected chi connectivity index (χ3v) is 1.44. The Morgan fingerprint density at radius 2 is 2.42 bits per heavy atom. The summed E-state index contributed by atoms with van der Waals surface area (Å²) in [6.45, 7) is 3.83. The average molecular weight is 186 g/mol. The molecule has 0 amide bonds. The molecule has 0 spiro atoms. The molecule has 0 fully saturated rings. The molecule has 1 aromatic heterocycles. The van der Waals surface area contributed by atoms with E-state index in [0.717, 1.165) is 0 Å². The van der Waals surface area contributed by atoms with E-state index in [2.05, 4.69) is 16.5 Å². The molecule has 0 saturated heterocycles. The van der Waals surface area contributed by atoms with Crippen LogP contribution in [0, 0.1) is 0 Å². The van der Waals surface area contributed by atoms with Crippen molar-refractivity contribution in [1.29, 1.82) is 0 Å². The minimum atomic E-state index is 0.198. The number of hydrogen-bond acceptors (Lipinski definition) is 4. The van der Waals surface area contributed by atoms with Gasteiger partial charge >= 0.3 is 0 Å². The Bertz CT molecular complexity index is 290. The van der Waals surface area contributed by atoms with Gasteiger partial charge in [-0.05, 0) is 0 Å². The number of rotatable bonds is 3. The second kappa shape index (κ2) is 3.92. The summed E-state index contributed by atoms with van der Waals surface area (Å²) in [5.74, 6) is 0.287. The van der Waals surface area contributed by atoms with Crippen LogP contribution in [0.15, 0.2) is 19.0 Å². The molecule has 1 rings (SSSR count). The van der Waals surface area contributed by atoms with Crippen molar-refractivity contribution in [3.8, 4) is 5.88 Å². The van der Waals surface area contributed by atoms with E-state index in [1.165, 1.54) is 6.33 Å². The molecule has 0 unspecified atom stereocenters. The zero-order chi connectivity index (χ0) is 8.97. The largest absolute Gasteiger partial charge is 0.472 e. The van der Waals surface area contributed by atoms with Crippen LogP contribution >= 0.6 is 11.6 Å². The monoisotopic (exact) mass is 185 g/mol. The minimum Gasteiger partial charge on any atom is -0.472 e. The Balaban J connectivity index is 2.84. The third kappa shape index (κ3) is 1.85. The summed E-state index contributed by atoms with van der Waals surface area (Å²) in [7, 11) is 0. The van der Waals surface area contributed by atoms with Crippen molar-refractivity contribution in [2.24, 2.45) is 0 Å². The summed E-state index contributed by atoms with van der Waals surface area (Å²) in [4.78, 5) is 7.46. The van der Waals surface area contributed by atoms with Gasteiger partial charge in [-0.2, -0.15) is 4.98 Å². The van der Waals surface area contributed by atoms with Crippen LogP contribution in [0.2, 0.25) is 5.15 Å². The van der Waals surface area contributed by atoms with Crippen molar-refractivity contribution in [3.63, 3.8) is 0 Å². The SMILES string of the molecule is C=CCOc1ncnc(Cl)c1N. The van der Waals surface area contributed by atoms with Crippen molar-refractivity contribution >= 4 is 17.3 Å². The van der Waals surface area contributed by atoms with E-state index >= 15 is 0 Å². The number of nitrogens with zero attached hydrogens (tertiary/aromatic N) is 2. The summed E-state index contributed by atoms with van der Waals surface area (Å²) in [5, 5.41) is 0.198. The van der Waals surface area contributed by atoms with Crippen molar-refractivity contribution < 1.29 is 4.74 Å². The first-order valence-corrected chi connectivity index (χ1v) is 3.63. The van der Waals surface area contributed by atoms with Crippen molar-refractivity contribution in [3.05, 3.63) is 24.1 Å². The molecule has 1 heterocycles. The molecule has 12 heavy (non-hydrogen) atoms. The molecule has 4 nitrogen and oxygen atoms in total. The number of ether oxygens (including phenoxy) is 1. The Morgan fingerprint density at radius 3 is 3.08 bits per heavy atom. The lowest BCUT2D eigenvalue weighted by molar-refractivity contribution is 0.350. The number of anilines is 1. The lowest BCUT2D eigenvalue weighted by Gasteiger charge is -2.04. The van der Waals surface area contributed by atoms with E-state index in [0.29, 0.717) is 6.61 Å². The first kappa shape index (κ1) is 8.80. The second-order valence-electron chi connectivity index (χ2n) is 1.98. The maximum absolute atomic E-state index is 5.61. The van der Waals surface area contributed by atoms with Crippen molar-refractivity contribution in [1.82, 2.24) is 9.97 Å². The Hall–Kier alpha value is -1.29. The predicted molar refractivity (Wildman–Crippen MR) is 47.1 cm³/mol. The lowest BCUT2D eigenvalue weighted by Crippen LogP contribution is -2.01. The van der Waals surface area contributed by atoms with Gasteiger partial charge in [-0.3, -0.25) is 0 Å². The highest BCUT2D eigenvalue weighted by Crippen LogP contribution is 2.23. The number of nitrogens with two attached hydrogens (primary N) is 1. The van der Waals surface area contributed by atoms with Crippen LogP contribution in [0.1, 0.15) is 0 Å². The minimum absolute atomic E-state index is 0.198. The first-order chi connectivity index (χ1) is 5.75. The molecule has 5 heteroatoms. The fourth-order valence-corrected chi connectivity index (χ4v) is 0.737. The van der Waals surface area contributed by atoms with Crippen LogP contribution < -0.4 is 10.5 Å². The molecule has 1 aromatic rings. The molecule has 0 atom stereocenters. The highest BCUT2D eigenvalue weighted by molar-refractivity contribution is 6.32. The second-order valence-corrected chi connectivity index (χ2v) is 2.34. The topological polar surface area (TPSA) is 61.0 Å². The molecule has 0 aromatic carbocycles. The molecule has 0 aliphatic carbocycles. The van der Waals surface area contributed by atoms with Crippen molar-refractivity contribution in [2.75, 3.05) is 12.3 Å². The van der Waals surface area contributed by atoms with Gasteiger partial charge in [-0.1, -0.05) is 24.3 Å². The Labute approximate surface area is 75.0 Å². The molecule has 0 bridgehead atoms. The zero-order valence-electron chi connectivity index (χ0n) is 6.33. The molecule has 0 aliphatic heterocycles. The Morgan fingerprint density at radius 1 is 1.67 bits per heavy atom. The third-order valence-electron chi connectivity index (χ3n) is 1.14. The number of aromatic nitrogens is 2. The number of halogens is 1. The average Bonchev–Trinajstić information content (AvgIpc) is 2.08. The molecular formula is C7H8ClN3O. The highest BCUT2D eigenvalue weighted by Gasteiger charge is 2.05. The zero-order valence-corrected chi connectivity index (χ0v) is 7.08. The van der Waals surface area contributed by atoms with Crippen LogP contribution in [0.3, 0.4) is 0 Å². The van der Waals surface area contributed by atoms with Crippen LogP contribution in [0.4, 0.5) is 5.69 Å². The van der Waals surface area contributed by atoms with Gasteiger partial charge in [-0.15, -0.1) is 0 Å². The molecule has 2 N–H and O–H groups in total. The summed E-state index contributed by atoms with van der Waals surface area (Å²) < 4.78 is 5.09. The van der Waals surface area contributed by atoms with Gasteiger partial charge in [0.1, 0.15) is 18.6 Å². The van der Waals surface area contributed by atoms with Crippen molar-refractivity contribution in [2.45, 2.75) is 0 Å². The summed E-state index contributed by atoms with van der Waals surface area (Å²) in [5.41, 5.74) is 5.76. The van der Waals surface area contributed by atoms with Gasteiger partial charge < -0.3 is 10.5 Å². The maximum atomic E-state index is 5.61. The summed E-state index contributed by atoms with van der Waals surface area (Å²) in [6, 6.07) is 0. The molecule has 0 radical (unpaired) electrons. The van der Waals surface area contributed by atoms with E-state index in [9.17, 15) is 0 Å². The van der Waals surface area contributed by atoms with Gasteiger partial charge in [-0.25, -0.2) is 4.98 Å². The van der Waals surface area contributed by atoms with Crippen LogP contribution in [-0.4, -0.2) is 16.6 Å². The van der Waals surface area contributed by atoms with E-state index in [4.69, 9.17) is 22.1 Å². The maximum Gasteiger partial charge on any atom is 0.242 e. The standard InChI is InChI=1S/C7H8ClN3O/c1-2-3-12-7-5(9)6(8)10-4-11-7/h2,4H,1,3,9H2. The normalized spacial score (nSPS) is 9.42. The van der Waals surface area contributed by atoms with Gasteiger partial charge in [0.25, 0.3) is 0 Å². The fourth-order valence-electron chi connectivity index (χ4n) is 0.612. The fraction of sp³-hybridized carbons (Fsp3) is 0.143. The van der Waals surface area contributed by atoms with E-state index in [-0.39, 0.29) is 16.7 Å². The smallest absolute Gasteiger partial charge is 0.242 e. The van der Waals surface area contributed by atoms with Gasteiger partial charge in [0.2, 0.25) is 5.88 Å². The molecule has 0 saturated carbocycles. The highest BCUT2D eigenvalue weighted by atomic mass is 35.5. The first-order valence-electron chi connectivity index (χ1n) is 3.25. The molecule has 64 valence electrons. The lowest BCUT2D eigenvalue weighted by atomic mass is 10.5. The summed E-state index contributed by atoms with van der Waals surface area (Å²) in [6.07, 6.45) is 2.88. The quantitative estimate of drug-likeness (QED) is 0.569. The Kier molecular flexibility index (Phi) is 2.88. The van der Waals surface area contributed by atoms with Crippen LogP contribution in [0.25, 0.3) is 0 Å². The van der Waals surface area contributed by atoms with E-state index < -0.39 is 0 Å². The van der Waals surface area contributed by atoms with Gasteiger partial charge in [0.05, 0.1) is 0 Å². The predicted octanol–water partition coefficient (Wildman–Crippen LogP) is 1.28. The number of hydrogen-bond donors (Lipinski definition) is 1.